The van der Waals surface area contributed by atoms with Crippen LogP contribution in [0, 0.1) is 5.82 Å². The topological polar surface area (TPSA) is 142 Å². The standard InChI is InChI=1S/C32H34FN5O5/c1-19(12-27(30(40)34-5)38-28-11-10-20(15-35-28)31(41)42)23-8-7-9-24(25(23)17-43-6)29-21(16-36-37-18-39)13-22(14-26(29)33)32(2,3)4/h7-16,18H,1,17H2,2-6H3,(H,34,40)(H,35,38)(H,37,39)(H,41,42)/b27-12+,36-16-. The molecule has 0 radical (unpaired) electrons. The second kappa shape index (κ2) is 14.1. The van der Waals surface area contributed by atoms with Gasteiger partial charge in [-0.3, -0.25) is 9.59 Å². The molecule has 0 aliphatic carbocycles. The number of rotatable bonds is 12. The molecule has 2 amide bonds. The molecule has 11 heteroatoms. The van der Waals surface area contributed by atoms with Crippen LogP contribution in [0.15, 0.2) is 72.1 Å². The quantitative estimate of drug-likeness (QED) is 0.0779. The molecule has 1 heterocycles. The SMILES string of the molecule is C=C(/C=C(/Nc1ccc(C(=O)O)cn1)C(=O)NC)c1cccc(-c2c(F)cc(C(C)(C)C)cc2/C=N\NC=O)c1COC. The number of benzene rings is 2. The Hall–Kier alpha value is -5.16. The highest BCUT2D eigenvalue weighted by Crippen LogP contribution is 2.37. The molecule has 0 aliphatic heterocycles. The van der Waals surface area contributed by atoms with Gasteiger partial charge < -0.3 is 20.5 Å². The lowest BCUT2D eigenvalue weighted by molar-refractivity contribution is -0.116. The molecule has 0 bridgehead atoms. The van der Waals surface area contributed by atoms with Gasteiger partial charge in [-0.05, 0) is 63.6 Å². The monoisotopic (exact) mass is 587 g/mol. The highest BCUT2D eigenvalue weighted by atomic mass is 19.1. The predicted molar refractivity (Wildman–Crippen MR) is 164 cm³/mol. The number of carboxylic acid groups (broad SMARTS) is 1. The number of aromatic nitrogens is 1. The van der Waals surface area contributed by atoms with Crippen molar-refractivity contribution in [3.05, 3.63) is 101 Å². The van der Waals surface area contributed by atoms with Crippen molar-refractivity contribution in [1.82, 2.24) is 15.7 Å². The minimum atomic E-state index is -1.13. The number of aromatic carboxylic acids is 1. The van der Waals surface area contributed by atoms with Crippen LogP contribution in [0.4, 0.5) is 10.2 Å². The number of nitrogens with one attached hydrogen (secondary N) is 3. The van der Waals surface area contributed by atoms with Crippen molar-refractivity contribution in [2.24, 2.45) is 5.10 Å². The summed E-state index contributed by atoms with van der Waals surface area (Å²) >= 11 is 0. The van der Waals surface area contributed by atoms with Crippen LogP contribution >= 0.6 is 0 Å². The number of carboxylic acids is 1. The number of carbonyl (C=O) groups is 3. The first-order valence-electron chi connectivity index (χ1n) is 13.2. The van der Waals surface area contributed by atoms with Crippen LogP contribution < -0.4 is 16.1 Å². The molecule has 2 aromatic carbocycles. The molecule has 224 valence electrons. The molecule has 43 heavy (non-hydrogen) atoms. The second-order valence-corrected chi connectivity index (χ2v) is 10.5. The van der Waals surface area contributed by atoms with Gasteiger partial charge in [0.15, 0.2) is 0 Å². The summed E-state index contributed by atoms with van der Waals surface area (Å²) in [5.74, 6) is -1.84. The van der Waals surface area contributed by atoms with Gasteiger partial charge in [-0.2, -0.15) is 5.10 Å². The molecule has 1 aromatic heterocycles. The van der Waals surface area contributed by atoms with Gasteiger partial charge in [-0.25, -0.2) is 19.6 Å². The first kappa shape index (κ1) is 32.4. The number of carbonyl (C=O) groups excluding carboxylic acids is 2. The van der Waals surface area contributed by atoms with E-state index in [0.717, 1.165) is 5.56 Å². The van der Waals surface area contributed by atoms with Crippen LogP contribution in [0.25, 0.3) is 16.7 Å². The number of likely N-dealkylation sites (N-methyl/N-ethyl adjacent to an activating group) is 1. The zero-order valence-corrected chi connectivity index (χ0v) is 24.6. The average molecular weight is 588 g/mol. The first-order chi connectivity index (χ1) is 20.4. The summed E-state index contributed by atoms with van der Waals surface area (Å²) in [5.41, 5.74) is 5.50. The lowest BCUT2D eigenvalue weighted by Gasteiger charge is -2.23. The average Bonchev–Trinajstić information content (AvgIpc) is 2.96. The fourth-order valence-corrected chi connectivity index (χ4v) is 4.28. The van der Waals surface area contributed by atoms with Gasteiger partial charge >= 0.3 is 5.97 Å². The van der Waals surface area contributed by atoms with E-state index >= 15 is 4.39 Å². The lowest BCUT2D eigenvalue weighted by atomic mass is 9.83. The molecule has 0 saturated heterocycles. The van der Waals surface area contributed by atoms with Crippen LogP contribution in [0.3, 0.4) is 0 Å². The Balaban J connectivity index is 2.17. The van der Waals surface area contributed by atoms with Gasteiger partial charge in [0.2, 0.25) is 6.41 Å². The molecular weight excluding hydrogens is 553 g/mol. The molecule has 0 spiro atoms. The first-order valence-corrected chi connectivity index (χ1v) is 13.2. The van der Waals surface area contributed by atoms with E-state index in [1.807, 2.05) is 26.8 Å². The van der Waals surface area contributed by atoms with Crippen LogP contribution in [0.1, 0.15) is 53.4 Å². The van der Waals surface area contributed by atoms with Crippen molar-refractivity contribution in [3.63, 3.8) is 0 Å². The Morgan fingerprint density at radius 1 is 1.19 bits per heavy atom. The summed E-state index contributed by atoms with van der Waals surface area (Å²) in [6, 6.07) is 11.4. The second-order valence-electron chi connectivity index (χ2n) is 10.5. The summed E-state index contributed by atoms with van der Waals surface area (Å²) in [5, 5.41) is 18.5. The number of amides is 2. The van der Waals surface area contributed by atoms with E-state index in [2.05, 4.69) is 32.7 Å². The summed E-state index contributed by atoms with van der Waals surface area (Å²) < 4.78 is 21.4. The summed E-state index contributed by atoms with van der Waals surface area (Å²) in [7, 11) is 2.98. The highest BCUT2D eigenvalue weighted by molar-refractivity contribution is 5.99. The molecule has 4 N–H and O–H groups in total. The van der Waals surface area contributed by atoms with E-state index in [9.17, 15) is 14.4 Å². The van der Waals surface area contributed by atoms with E-state index in [0.29, 0.717) is 34.2 Å². The lowest BCUT2D eigenvalue weighted by Crippen LogP contribution is -2.24. The van der Waals surface area contributed by atoms with E-state index in [4.69, 9.17) is 9.84 Å². The predicted octanol–water partition coefficient (Wildman–Crippen LogP) is 4.86. The Morgan fingerprint density at radius 3 is 2.51 bits per heavy atom. The normalized spacial score (nSPS) is 11.7. The molecule has 0 atom stereocenters. The van der Waals surface area contributed by atoms with Crippen LogP contribution in [-0.2, 0) is 26.3 Å². The molecule has 0 aliphatic rings. The maximum Gasteiger partial charge on any atom is 0.337 e. The van der Waals surface area contributed by atoms with E-state index in [-0.39, 0.29) is 34.7 Å². The molecule has 0 unspecified atom stereocenters. The van der Waals surface area contributed by atoms with Gasteiger partial charge in [-0.1, -0.05) is 45.5 Å². The number of allylic oxidation sites excluding steroid dienone is 2. The number of nitrogens with zero attached hydrogens (tertiary/aromatic N) is 2. The fourth-order valence-electron chi connectivity index (χ4n) is 4.28. The van der Waals surface area contributed by atoms with Crippen molar-refractivity contribution in [3.8, 4) is 11.1 Å². The van der Waals surface area contributed by atoms with Crippen molar-refractivity contribution < 1.29 is 28.6 Å². The van der Waals surface area contributed by atoms with E-state index in [1.54, 1.807) is 18.2 Å². The van der Waals surface area contributed by atoms with Crippen molar-refractivity contribution in [2.45, 2.75) is 32.8 Å². The third kappa shape index (κ3) is 7.98. The summed E-state index contributed by atoms with van der Waals surface area (Å²) in [6.07, 6.45) is 4.49. The van der Waals surface area contributed by atoms with E-state index in [1.165, 1.54) is 50.8 Å². The fraction of sp³-hybridized carbons (Fsp3) is 0.219. The number of anilines is 1. The number of methoxy groups -OCH3 is 1. The third-order valence-corrected chi connectivity index (χ3v) is 6.46. The maximum atomic E-state index is 15.9. The van der Waals surface area contributed by atoms with Gasteiger partial charge in [0, 0.05) is 31.5 Å². The number of pyridine rings is 1. The summed E-state index contributed by atoms with van der Waals surface area (Å²) in [4.78, 5) is 38.8. The molecule has 0 fully saturated rings. The van der Waals surface area contributed by atoms with Gasteiger partial charge in [0.25, 0.3) is 5.91 Å². The summed E-state index contributed by atoms with van der Waals surface area (Å²) in [6.45, 7) is 10.2. The Morgan fingerprint density at radius 2 is 1.93 bits per heavy atom. The van der Waals surface area contributed by atoms with Gasteiger partial charge in [0.05, 0.1) is 18.4 Å². The highest BCUT2D eigenvalue weighted by Gasteiger charge is 2.22. The molecule has 3 rings (SSSR count). The zero-order valence-electron chi connectivity index (χ0n) is 24.6. The largest absolute Gasteiger partial charge is 0.478 e. The number of ether oxygens (including phenoxy) is 1. The minimum Gasteiger partial charge on any atom is -0.478 e. The van der Waals surface area contributed by atoms with Crippen molar-refractivity contribution >= 4 is 35.9 Å². The number of halogens is 1. The molecule has 3 aromatic rings. The molecule has 10 nitrogen and oxygen atoms in total. The van der Waals surface area contributed by atoms with Gasteiger partial charge in [-0.15, -0.1) is 0 Å². The van der Waals surface area contributed by atoms with Crippen molar-refractivity contribution in [2.75, 3.05) is 19.5 Å². The molecule has 0 saturated carbocycles. The van der Waals surface area contributed by atoms with Crippen LogP contribution in [0.2, 0.25) is 0 Å². The zero-order chi connectivity index (χ0) is 31.7. The Kier molecular flexibility index (Phi) is 10.6. The number of hydrazone groups is 1. The third-order valence-electron chi connectivity index (χ3n) is 6.46. The number of hydrogen-bond donors (Lipinski definition) is 4. The number of hydrogen-bond acceptors (Lipinski definition) is 7. The Labute approximate surface area is 249 Å². The van der Waals surface area contributed by atoms with E-state index < -0.39 is 17.7 Å². The Bertz CT molecular complexity index is 1590. The van der Waals surface area contributed by atoms with Crippen molar-refractivity contribution in [1.29, 1.82) is 0 Å². The van der Waals surface area contributed by atoms with Crippen LogP contribution in [0.5, 0.6) is 0 Å². The van der Waals surface area contributed by atoms with Gasteiger partial charge in [0.1, 0.15) is 17.3 Å². The minimum absolute atomic E-state index is 0.00410. The van der Waals surface area contributed by atoms with Crippen LogP contribution in [-0.4, -0.2) is 48.7 Å². The maximum absolute atomic E-state index is 15.9. The molecular formula is C32H34FN5O5. The smallest absolute Gasteiger partial charge is 0.337 e.